The molecule has 1 atom stereocenters. The van der Waals surface area contributed by atoms with E-state index < -0.39 is 6.10 Å². The van der Waals surface area contributed by atoms with Gasteiger partial charge in [0.1, 0.15) is 0 Å². The number of hydrogen-bond acceptors (Lipinski definition) is 4. The molecule has 1 rings (SSSR count). The van der Waals surface area contributed by atoms with Gasteiger partial charge in [0.05, 0.1) is 25.9 Å². The van der Waals surface area contributed by atoms with E-state index in [4.69, 9.17) is 9.47 Å². The summed E-state index contributed by atoms with van der Waals surface area (Å²) in [6, 6.07) is 8.28. The average Bonchev–Trinajstić information content (AvgIpc) is 2.34. The van der Waals surface area contributed by atoms with Crippen LogP contribution in [-0.2, 0) is 9.47 Å². The number of rotatable bonds is 8. The van der Waals surface area contributed by atoms with Crippen LogP contribution in [0, 0.1) is 6.92 Å². The maximum Gasteiger partial charge on any atom is 0.0867 e. The minimum Gasteiger partial charge on any atom is -0.390 e. The topological polar surface area (TPSA) is 38.7 Å². The van der Waals surface area contributed by atoms with Crippen molar-refractivity contribution in [2.45, 2.75) is 17.9 Å². The van der Waals surface area contributed by atoms with E-state index in [1.807, 2.05) is 0 Å². The lowest BCUT2D eigenvalue weighted by atomic mass is 10.2. The number of aliphatic hydroxyl groups is 1. The molecule has 0 heterocycles. The molecule has 4 heteroatoms. The molecule has 0 radical (unpaired) electrons. The van der Waals surface area contributed by atoms with E-state index in [1.165, 1.54) is 10.5 Å². The molecule has 0 aliphatic heterocycles. The predicted octanol–water partition coefficient (Wildman–Crippen LogP) is 2.11. The molecule has 0 saturated heterocycles. The van der Waals surface area contributed by atoms with Gasteiger partial charge in [-0.3, -0.25) is 0 Å². The molecule has 17 heavy (non-hydrogen) atoms. The zero-order valence-electron chi connectivity index (χ0n) is 10.4. The summed E-state index contributed by atoms with van der Waals surface area (Å²) in [4.78, 5) is 1.17. The molecule has 1 unspecified atom stereocenters. The van der Waals surface area contributed by atoms with Gasteiger partial charge in [0.25, 0.3) is 0 Å². The van der Waals surface area contributed by atoms with Crippen LogP contribution in [0.5, 0.6) is 0 Å². The zero-order valence-corrected chi connectivity index (χ0v) is 11.2. The highest BCUT2D eigenvalue weighted by Gasteiger charge is 2.05. The van der Waals surface area contributed by atoms with E-state index in [-0.39, 0.29) is 0 Å². The van der Waals surface area contributed by atoms with Gasteiger partial charge in [-0.15, -0.1) is 11.8 Å². The summed E-state index contributed by atoms with van der Waals surface area (Å²) in [6.07, 6.45) is -0.432. The summed E-state index contributed by atoms with van der Waals surface area (Å²) >= 11 is 1.64. The average molecular weight is 256 g/mol. The maximum absolute atomic E-state index is 9.68. The summed E-state index contributed by atoms with van der Waals surface area (Å²) < 4.78 is 10.1. The van der Waals surface area contributed by atoms with Crippen LogP contribution in [0.2, 0.25) is 0 Å². The molecule has 0 saturated carbocycles. The largest absolute Gasteiger partial charge is 0.390 e. The molecule has 96 valence electrons. The van der Waals surface area contributed by atoms with Crippen molar-refractivity contribution in [1.29, 1.82) is 0 Å². The van der Waals surface area contributed by atoms with Crippen LogP contribution in [0.1, 0.15) is 5.56 Å². The monoisotopic (exact) mass is 256 g/mol. The zero-order chi connectivity index (χ0) is 12.5. The molecule has 3 nitrogen and oxygen atoms in total. The highest BCUT2D eigenvalue weighted by molar-refractivity contribution is 7.99. The Kier molecular flexibility index (Phi) is 7.28. The fourth-order valence-corrected chi connectivity index (χ4v) is 2.05. The van der Waals surface area contributed by atoms with Crippen LogP contribution in [0.4, 0.5) is 0 Å². The van der Waals surface area contributed by atoms with Gasteiger partial charge in [0.2, 0.25) is 0 Å². The molecule has 1 aromatic rings. The third-order valence-electron chi connectivity index (χ3n) is 2.21. The minimum absolute atomic E-state index is 0.363. The van der Waals surface area contributed by atoms with E-state index >= 15 is 0 Å². The van der Waals surface area contributed by atoms with Gasteiger partial charge in [-0.1, -0.05) is 17.7 Å². The molecule has 0 spiro atoms. The quantitative estimate of drug-likeness (QED) is 0.571. The first-order valence-corrected chi connectivity index (χ1v) is 6.65. The molecule has 0 fully saturated rings. The summed E-state index contributed by atoms with van der Waals surface area (Å²) in [6.45, 7) is 3.52. The Morgan fingerprint density at radius 1 is 1.24 bits per heavy atom. The van der Waals surface area contributed by atoms with Crippen molar-refractivity contribution in [3.63, 3.8) is 0 Å². The third kappa shape index (κ3) is 6.68. The predicted molar refractivity (Wildman–Crippen MR) is 70.6 cm³/mol. The lowest BCUT2D eigenvalue weighted by Gasteiger charge is -2.10. The normalized spacial score (nSPS) is 12.6. The number of benzene rings is 1. The number of aliphatic hydroxyl groups excluding tert-OH is 1. The van der Waals surface area contributed by atoms with E-state index in [1.54, 1.807) is 18.9 Å². The molecule has 0 aromatic heterocycles. The maximum atomic E-state index is 9.68. The van der Waals surface area contributed by atoms with E-state index in [9.17, 15) is 5.11 Å². The fourth-order valence-electron chi connectivity index (χ4n) is 1.24. The standard InChI is InChI=1S/C13H20O3S/c1-11-3-5-13(6-4-11)17-10-12(14)9-16-8-7-15-2/h3-6,12,14H,7-10H2,1-2H3. The van der Waals surface area contributed by atoms with Gasteiger partial charge >= 0.3 is 0 Å². The second kappa shape index (κ2) is 8.53. The molecule has 1 aromatic carbocycles. The first-order chi connectivity index (χ1) is 8.22. The molecule has 0 bridgehead atoms. The summed E-state index contributed by atoms with van der Waals surface area (Å²) in [5.74, 6) is 0.649. The van der Waals surface area contributed by atoms with Crippen molar-refractivity contribution < 1.29 is 14.6 Å². The SMILES string of the molecule is COCCOCC(O)CSc1ccc(C)cc1. The number of thioether (sulfide) groups is 1. The number of hydrogen-bond donors (Lipinski definition) is 1. The van der Waals surface area contributed by atoms with Crippen molar-refractivity contribution in [2.75, 3.05) is 32.7 Å². The summed E-state index contributed by atoms with van der Waals surface area (Å²) in [5.41, 5.74) is 1.25. The molecule has 0 amide bonds. The molecular formula is C13H20O3S. The van der Waals surface area contributed by atoms with Crippen LogP contribution in [0.25, 0.3) is 0 Å². The van der Waals surface area contributed by atoms with Gasteiger partial charge < -0.3 is 14.6 Å². The van der Waals surface area contributed by atoms with Gasteiger partial charge in [-0.05, 0) is 19.1 Å². The van der Waals surface area contributed by atoms with Gasteiger partial charge in [-0.25, -0.2) is 0 Å². The number of aryl methyl sites for hydroxylation is 1. The molecule has 1 N–H and O–H groups in total. The highest BCUT2D eigenvalue weighted by Crippen LogP contribution is 2.19. The van der Waals surface area contributed by atoms with Crippen LogP contribution < -0.4 is 0 Å². The van der Waals surface area contributed by atoms with Crippen molar-refractivity contribution in [3.8, 4) is 0 Å². The first kappa shape index (κ1) is 14.5. The van der Waals surface area contributed by atoms with Gasteiger partial charge in [0, 0.05) is 17.8 Å². The molecule has 0 aliphatic rings. The van der Waals surface area contributed by atoms with Crippen molar-refractivity contribution in [1.82, 2.24) is 0 Å². The second-order valence-corrected chi connectivity index (χ2v) is 4.94. The Balaban J connectivity index is 2.14. The Hall–Kier alpha value is -0.550. The highest BCUT2D eigenvalue weighted by atomic mass is 32.2. The van der Waals surface area contributed by atoms with Crippen LogP contribution in [-0.4, -0.2) is 43.9 Å². The van der Waals surface area contributed by atoms with Crippen molar-refractivity contribution in [3.05, 3.63) is 29.8 Å². The van der Waals surface area contributed by atoms with E-state index in [0.717, 1.165) is 0 Å². The van der Waals surface area contributed by atoms with E-state index in [0.29, 0.717) is 25.6 Å². The minimum atomic E-state index is -0.432. The first-order valence-electron chi connectivity index (χ1n) is 5.66. The van der Waals surface area contributed by atoms with Gasteiger partial charge in [0.15, 0.2) is 0 Å². The Labute approximate surface area is 107 Å². The second-order valence-electron chi connectivity index (χ2n) is 3.85. The third-order valence-corrected chi connectivity index (χ3v) is 3.36. The Morgan fingerprint density at radius 3 is 2.59 bits per heavy atom. The molecule has 0 aliphatic carbocycles. The van der Waals surface area contributed by atoms with E-state index in [2.05, 4.69) is 31.2 Å². The van der Waals surface area contributed by atoms with Crippen molar-refractivity contribution >= 4 is 11.8 Å². The smallest absolute Gasteiger partial charge is 0.0867 e. The van der Waals surface area contributed by atoms with Gasteiger partial charge in [-0.2, -0.15) is 0 Å². The Morgan fingerprint density at radius 2 is 1.94 bits per heavy atom. The summed E-state index contributed by atoms with van der Waals surface area (Å²) in [7, 11) is 1.63. The number of ether oxygens (including phenoxy) is 2. The van der Waals surface area contributed by atoms with Crippen molar-refractivity contribution in [2.24, 2.45) is 0 Å². The number of methoxy groups -OCH3 is 1. The lowest BCUT2D eigenvalue weighted by molar-refractivity contribution is 0.0218. The van der Waals surface area contributed by atoms with Crippen LogP contribution >= 0.6 is 11.8 Å². The van der Waals surface area contributed by atoms with Crippen LogP contribution in [0.3, 0.4) is 0 Å². The van der Waals surface area contributed by atoms with Crippen LogP contribution in [0.15, 0.2) is 29.2 Å². The summed E-state index contributed by atoms with van der Waals surface area (Å²) in [5, 5.41) is 9.68. The fraction of sp³-hybridized carbons (Fsp3) is 0.538. The molecular weight excluding hydrogens is 236 g/mol. The Bertz CT molecular complexity index is 300. The lowest BCUT2D eigenvalue weighted by Crippen LogP contribution is -2.19.